The number of benzene rings is 2. The summed E-state index contributed by atoms with van der Waals surface area (Å²) in [5, 5.41) is 4.11. The predicted molar refractivity (Wildman–Crippen MR) is 113 cm³/mol. The van der Waals surface area contributed by atoms with E-state index in [1.165, 1.54) is 11.1 Å². The molecule has 0 saturated heterocycles. The van der Waals surface area contributed by atoms with Gasteiger partial charge in [-0.2, -0.15) is 5.10 Å². The van der Waals surface area contributed by atoms with Crippen molar-refractivity contribution in [1.29, 1.82) is 0 Å². The number of nitrogens with one attached hydrogen (secondary N) is 1. The number of hydrogen-bond donors (Lipinski definition) is 1. The molecule has 0 unspecified atom stereocenters. The van der Waals surface area contributed by atoms with Gasteiger partial charge in [0.25, 0.3) is 5.91 Å². The molecule has 0 saturated carbocycles. The lowest BCUT2D eigenvalue weighted by molar-refractivity contribution is -0.120. The first kappa shape index (κ1) is 20.2. The van der Waals surface area contributed by atoms with Crippen molar-refractivity contribution in [2.75, 3.05) is 0 Å². The summed E-state index contributed by atoms with van der Waals surface area (Å²) in [5.41, 5.74) is 7.14. The van der Waals surface area contributed by atoms with Crippen LogP contribution in [0.25, 0.3) is 0 Å². The van der Waals surface area contributed by atoms with E-state index in [1.54, 1.807) is 11.8 Å². The molecule has 0 aliphatic heterocycles. The summed E-state index contributed by atoms with van der Waals surface area (Å²) in [6.45, 7) is 10.4. The van der Waals surface area contributed by atoms with Crippen LogP contribution in [-0.2, 0) is 16.0 Å². The third-order valence-electron chi connectivity index (χ3n) is 4.21. The standard InChI is InChI=1S/C22H28N2OS/c1-16(19-11-13-20(14-12-19)22(3,4)5)23-24-21(25)17(2)26-15-18-9-7-6-8-10-18/h6-14,17H,15H2,1-5H3,(H,24,25)/b23-16+/t17-/m0/s1. The number of nitrogens with zero attached hydrogens (tertiary/aromatic N) is 1. The Hall–Kier alpha value is -2.07. The van der Waals surface area contributed by atoms with E-state index < -0.39 is 0 Å². The molecular weight excluding hydrogens is 340 g/mol. The Morgan fingerprint density at radius 2 is 1.69 bits per heavy atom. The van der Waals surface area contributed by atoms with Crippen molar-refractivity contribution in [3.8, 4) is 0 Å². The van der Waals surface area contributed by atoms with Gasteiger partial charge in [-0.3, -0.25) is 4.79 Å². The van der Waals surface area contributed by atoms with Crippen LogP contribution in [0.15, 0.2) is 59.7 Å². The van der Waals surface area contributed by atoms with E-state index in [9.17, 15) is 4.79 Å². The van der Waals surface area contributed by atoms with Crippen molar-refractivity contribution in [2.45, 2.75) is 51.0 Å². The Morgan fingerprint density at radius 1 is 1.08 bits per heavy atom. The maximum Gasteiger partial charge on any atom is 0.252 e. The van der Waals surface area contributed by atoms with Crippen LogP contribution >= 0.6 is 11.8 Å². The predicted octanol–water partition coefficient (Wildman–Crippen LogP) is 5.15. The fourth-order valence-corrected chi connectivity index (χ4v) is 3.22. The van der Waals surface area contributed by atoms with E-state index in [0.717, 1.165) is 17.0 Å². The quantitative estimate of drug-likeness (QED) is 0.566. The number of carbonyl (C=O) groups excluding carboxylic acids is 1. The highest BCUT2D eigenvalue weighted by atomic mass is 32.2. The third-order valence-corrected chi connectivity index (χ3v) is 5.43. The monoisotopic (exact) mass is 368 g/mol. The van der Waals surface area contributed by atoms with Crippen molar-refractivity contribution in [3.63, 3.8) is 0 Å². The molecule has 0 radical (unpaired) electrons. The minimum atomic E-state index is -0.157. The highest BCUT2D eigenvalue weighted by Gasteiger charge is 2.14. The average molecular weight is 369 g/mol. The normalized spacial score (nSPS) is 13.3. The number of hydrogen-bond acceptors (Lipinski definition) is 3. The molecule has 0 spiro atoms. The van der Waals surface area contributed by atoms with Crippen LogP contribution in [-0.4, -0.2) is 16.9 Å². The molecule has 0 heterocycles. The first-order valence-electron chi connectivity index (χ1n) is 8.88. The van der Waals surface area contributed by atoms with Crippen molar-refractivity contribution in [2.24, 2.45) is 5.10 Å². The molecule has 4 heteroatoms. The maximum atomic E-state index is 12.2. The summed E-state index contributed by atoms with van der Waals surface area (Å²) in [6.07, 6.45) is 0. The summed E-state index contributed by atoms with van der Waals surface area (Å²) in [6, 6.07) is 18.5. The Labute approximate surface area is 161 Å². The molecule has 0 bridgehead atoms. The smallest absolute Gasteiger partial charge is 0.252 e. The summed E-state index contributed by atoms with van der Waals surface area (Å²) in [7, 11) is 0. The van der Waals surface area contributed by atoms with E-state index in [4.69, 9.17) is 0 Å². The molecule has 1 atom stereocenters. The summed E-state index contributed by atoms with van der Waals surface area (Å²) < 4.78 is 0. The number of hydrazone groups is 1. The van der Waals surface area contributed by atoms with Crippen LogP contribution in [0.4, 0.5) is 0 Å². The van der Waals surface area contributed by atoms with Gasteiger partial charge in [0.05, 0.1) is 11.0 Å². The van der Waals surface area contributed by atoms with Crippen molar-refractivity contribution >= 4 is 23.4 Å². The van der Waals surface area contributed by atoms with Gasteiger partial charge in [0.15, 0.2) is 0 Å². The maximum absolute atomic E-state index is 12.2. The van der Waals surface area contributed by atoms with Crippen LogP contribution in [0, 0.1) is 0 Å². The van der Waals surface area contributed by atoms with E-state index >= 15 is 0 Å². The van der Waals surface area contributed by atoms with Gasteiger partial charge in [-0.05, 0) is 36.0 Å². The van der Waals surface area contributed by atoms with Gasteiger partial charge in [0.1, 0.15) is 0 Å². The molecule has 1 N–H and O–H groups in total. The largest absolute Gasteiger partial charge is 0.272 e. The molecule has 2 aromatic rings. The molecule has 0 aliphatic carbocycles. The zero-order valence-corrected chi connectivity index (χ0v) is 17.1. The Morgan fingerprint density at radius 3 is 2.27 bits per heavy atom. The number of carbonyl (C=O) groups is 1. The fraction of sp³-hybridized carbons (Fsp3) is 0.364. The molecule has 0 aliphatic rings. The Bertz CT molecular complexity index is 746. The number of thioether (sulfide) groups is 1. The lowest BCUT2D eigenvalue weighted by Crippen LogP contribution is -2.27. The van der Waals surface area contributed by atoms with Gasteiger partial charge < -0.3 is 0 Å². The minimum absolute atomic E-state index is 0.0726. The van der Waals surface area contributed by atoms with Crippen molar-refractivity contribution in [3.05, 3.63) is 71.3 Å². The lowest BCUT2D eigenvalue weighted by atomic mass is 9.86. The molecule has 138 valence electrons. The fourth-order valence-electron chi connectivity index (χ4n) is 2.38. The molecule has 0 fully saturated rings. The van der Waals surface area contributed by atoms with Gasteiger partial charge in [-0.1, -0.05) is 75.4 Å². The SMILES string of the molecule is C/C(=N\NC(=O)[C@H](C)SCc1ccccc1)c1ccc(C(C)(C)C)cc1. The first-order chi connectivity index (χ1) is 12.3. The van der Waals surface area contributed by atoms with Crippen LogP contribution in [0.5, 0.6) is 0 Å². The molecular formula is C22H28N2OS. The first-order valence-corrected chi connectivity index (χ1v) is 9.93. The van der Waals surface area contributed by atoms with E-state index in [0.29, 0.717) is 0 Å². The van der Waals surface area contributed by atoms with Gasteiger partial charge >= 0.3 is 0 Å². The minimum Gasteiger partial charge on any atom is -0.272 e. The Balaban J connectivity index is 1.89. The molecule has 2 aromatic carbocycles. The summed E-state index contributed by atoms with van der Waals surface area (Å²) in [4.78, 5) is 12.2. The topological polar surface area (TPSA) is 41.5 Å². The van der Waals surface area contributed by atoms with Crippen molar-refractivity contribution in [1.82, 2.24) is 5.43 Å². The van der Waals surface area contributed by atoms with Crippen molar-refractivity contribution < 1.29 is 4.79 Å². The van der Waals surface area contributed by atoms with Crippen LogP contribution in [0.3, 0.4) is 0 Å². The molecule has 2 rings (SSSR count). The lowest BCUT2D eigenvalue weighted by Gasteiger charge is -2.19. The molecule has 1 amide bonds. The highest BCUT2D eigenvalue weighted by Crippen LogP contribution is 2.22. The second-order valence-corrected chi connectivity index (χ2v) is 8.77. The van der Waals surface area contributed by atoms with Crippen LogP contribution in [0.1, 0.15) is 51.3 Å². The molecule has 3 nitrogen and oxygen atoms in total. The molecule has 26 heavy (non-hydrogen) atoms. The number of amides is 1. The second kappa shape index (κ2) is 9.04. The van der Waals surface area contributed by atoms with Gasteiger partial charge in [0.2, 0.25) is 0 Å². The second-order valence-electron chi connectivity index (χ2n) is 7.44. The summed E-state index contributed by atoms with van der Waals surface area (Å²) in [5.74, 6) is 0.739. The average Bonchev–Trinajstić information content (AvgIpc) is 2.64. The van der Waals surface area contributed by atoms with Gasteiger partial charge in [-0.25, -0.2) is 5.43 Å². The van der Waals surface area contributed by atoms with E-state index in [1.807, 2.05) is 32.0 Å². The van der Waals surface area contributed by atoms with Gasteiger partial charge in [0, 0.05) is 5.75 Å². The van der Waals surface area contributed by atoms with Crippen LogP contribution in [0.2, 0.25) is 0 Å². The van der Waals surface area contributed by atoms with E-state index in [2.05, 4.69) is 67.7 Å². The van der Waals surface area contributed by atoms with E-state index in [-0.39, 0.29) is 16.6 Å². The Kier molecular flexibility index (Phi) is 7.04. The third kappa shape index (κ3) is 6.03. The van der Waals surface area contributed by atoms with Crippen LogP contribution < -0.4 is 5.43 Å². The zero-order valence-electron chi connectivity index (χ0n) is 16.2. The summed E-state index contributed by atoms with van der Waals surface area (Å²) >= 11 is 1.61. The number of rotatable bonds is 6. The zero-order chi connectivity index (χ0) is 19.2. The highest BCUT2D eigenvalue weighted by molar-refractivity contribution is 7.99. The van der Waals surface area contributed by atoms with Gasteiger partial charge in [-0.15, -0.1) is 11.8 Å². The molecule has 0 aromatic heterocycles.